The summed E-state index contributed by atoms with van der Waals surface area (Å²) in [5.74, 6) is 1.91. The zero-order chi connectivity index (χ0) is 15.7. The fourth-order valence-corrected chi connectivity index (χ4v) is 5.21. The first-order chi connectivity index (χ1) is 9.75. The molecule has 2 rings (SSSR count). The zero-order valence-electron chi connectivity index (χ0n) is 15.7. The van der Waals surface area contributed by atoms with Gasteiger partial charge in [0.05, 0.1) is 0 Å². The first-order valence-electron chi connectivity index (χ1n) is 9.75. The molecule has 0 heteroatoms. The molecule has 5 unspecified atom stereocenters. The van der Waals surface area contributed by atoms with Crippen molar-refractivity contribution in [1.29, 1.82) is 0 Å². The van der Waals surface area contributed by atoms with Crippen LogP contribution in [0.15, 0.2) is 0 Å². The highest BCUT2D eigenvalue weighted by Crippen LogP contribution is 2.69. The molecule has 2 aliphatic carbocycles. The summed E-state index contributed by atoms with van der Waals surface area (Å²) in [7, 11) is 0. The Hall–Kier alpha value is 0. The minimum atomic E-state index is 0.658. The zero-order valence-corrected chi connectivity index (χ0v) is 15.7. The lowest BCUT2D eigenvalue weighted by atomic mass is 9.81. The largest absolute Gasteiger partial charge is 0.0654 e. The molecule has 2 fully saturated rings. The van der Waals surface area contributed by atoms with Crippen molar-refractivity contribution in [3.63, 3.8) is 0 Å². The van der Waals surface area contributed by atoms with E-state index in [1.165, 1.54) is 64.2 Å². The van der Waals surface area contributed by atoms with Gasteiger partial charge in [0.25, 0.3) is 0 Å². The molecule has 0 radical (unpaired) electrons. The van der Waals surface area contributed by atoms with Crippen molar-refractivity contribution in [2.24, 2.45) is 28.1 Å². The van der Waals surface area contributed by atoms with Crippen molar-refractivity contribution in [3.05, 3.63) is 0 Å². The van der Waals surface area contributed by atoms with Crippen LogP contribution in [-0.4, -0.2) is 0 Å². The van der Waals surface area contributed by atoms with E-state index in [4.69, 9.17) is 0 Å². The first-order valence-corrected chi connectivity index (χ1v) is 9.75. The third-order valence-electron chi connectivity index (χ3n) is 7.36. The molecule has 0 heterocycles. The van der Waals surface area contributed by atoms with Crippen molar-refractivity contribution < 1.29 is 0 Å². The molecule has 124 valence electrons. The monoisotopic (exact) mass is 292 g/mol. The number of unbranched alkanes of at least 4 members (excludes halogenated alkanes) is 4. The van der Waals surface area contributed by atoms with E-state index in [-0.39, 0.29) is 0 Å². The van der Waals surface area contributed by atoms with Crippen LogP contribution < -0.4 is 0 Å². The molecule has 0 saturated heterocycles. The molecule has 0 spiro atoms. The van der Waals surface area contributed by atoms with Crippen LogP contribution in [0.25, 0.3) is 0 Å². The SMILES string of the molecule is CCCCCCCC1(C)CC1(C)CC(C)CC1(C)CC1C. The van der Waals surface area contributed by atoms with Crippen LogP contribution in [0.5, 0.6) is 0 Å². The average Bonchev–Trinajstić information content (AvgIpc) is 3.12. The van der Waals surface area contributed by atoms with Gasteiger partial charge in [-0.1, -0.05) is 73.6 Å². The molecule has 0 bridgehead atoms. The van der Waals surface area contributed by atoms with Crippen LogP contribution in [-0.2, 0) is 0 Å². The Morgan fingerprint density at radius 1 is 0.952 bits per heavy atom. The van der Waals surface area contributed by atoms with Crippen molar-refractivity contribution in [3.8, 4) is 0 Å². The van der Waals surface area contributed by atoms with E-state index in [1.54, 1.807) is 0 Å². The second-order valence-corrected chi connectivity index (χ2v) is 9.73. The molecule has 0 N–H and O–H groups in total. The van der Waals surface area contributed by atoms with Crippen LogP contribution >= 0.6 is 0 Å². The van der Waals surface area contributed by atoms with Gasteiger partial charge in [-0.05, 0) is 60.2 Å². The van der Waals surface area contributed by atoms with Gasteiger partial charge >= 0.3 is 0 Å². The van der Waals surface area contributed by atoms with Crippen molar-refractivity contribution >= 4 is 0 Å². The molecular weight excluding hydrogens is 252 g/mol. The molecule has 5 atom stereocenters. The van der Waals surface area contributed by atoms with Crippen LogP contribution in [0.3, 0.4) is 0 Å². The highest BCUT2D eigenvalue weighted by atomic mass is 14.6. The van der Waals surface area contributed by atoms with E-state index in [2.05, 4.69) is 41.5 Å². The molecule has 21 heavy (non-hydrogen) atoms. The summed E-state index contributed by atoms with van der Waals surface area (Å²) in [6, 6.07) is 0. The maximum atomic E-state index is 2.58. The van der Waals surface area contributed by atoms with Crippen molar-refractivity contribution in [2.45, 2.75) is 106 Å². The molecule has 2 aliphatic rings. The fourth-order valence-electron chi connectivity index (χ4n) is 5.21. The van der Waals surface area contributed by atoms with Gasteiger partial charge in [-0.3, -0.25) is 0 Å². The lowest BCUT2D eigenvalue weighted by molar-refractivity contribution is 0.257. The maximum absolute atomic E-state index is 2.58. The predicted octanol–water partition coefficient (Wildman–Crippen LogP) is 7.23. The molecule has 0 amide bonds. The Labute approximate surface area is 134 Å². The highest BCUT2D eigenvalue weighted by molar-refractivity contribution is 5.10. The van der Waals surface area contributed by atoms with Crippen LogP contribution in [0.1, 0.15) is 106 Å². The third kappa shape index (κ3) is 4.05. The molecule has 0 nitrogen and oxygen atoms in total. The van der Waals surface area contributed by atoms with Crippen molar-refractivity contribution in [1.82, 2.24) is 0 Å². The van der Waals surface area contributed by atoms with E-state index in [9.17, 15) is 0 Å². The van der Waals surface area contributed by atoms with Crippen LogP contribution in [0.4, 0.5) is 0 Å². The second-order valence-electron chi connectivity index (χ2n) is 9.73. The molecular formula is C21H40. The fraction of sp³-hybridized carbons (Fsp3) is 1.00. The summed E-state index contributed by atoms with van der Waals surface area (Å²) in [5.41, 5.74) is 2.02. The quantitative estimate of drug-likeness (QED) is 0.373. The Bertz CT molecular complexity index is 346. The lowest BCUT2D eigenvalue weighted by Crippen LogP contribution is -2.14. The van der Waals surface area contributed by atoms with Gasteiger partial charge in [0.15, 0.2) is 0 Å². The van der Waals surface area contributed by atoms with Gasteiger partial charge < -0.3 is 0 Å². The number of hydrogen-bond acceptors (Lipinski definition) is 0. The second kappa shape index (κ2) is 6.25. The predicted molar refractivity (Wildman–Crippen MR) is 94.5 cm³/mol. The summed E-state index contributed by atoms with van der Waals surface area (Å²) >= 11 is 0. The summed E-state index contributed by atoms with van der Waals surface area (Å²) < 4.78 is 0. The minimum absolute atomic E-state index is 0.658. The Morgan fingerprint density at radius 2 is 1.57 bits per heavy atom. The smallest absolute Gasteiger partial charge is 0.0264 e. The first kappa shape index (κ1) is 17.4. The van der Waals surface area contributed by atoms with Gasteiger partial charge in [0.2, 0.25) is 0 Å². The minimum Gasteiger partial charge on any atom is -0.0654 e. The van der Waals surface area contributed by atoms with Crippen molar-refractivity contribution in [2.75, 3.05) is 0 Å². The molecule has 0 aromatic heterocycles. The Kier molecular flexibility index (Phi) is 5.16. The van der Waals surface area contributed by atoms with E-state index in [0.717, 1.165) is 11.8 Å². The molecule has 0 aromatic rings. The number of rotatable bonds is 10. The lowest BCUT2D eigenvalue weighted by Gasteiger charge is -2.25. The van der Waals surface area contributed by atoms with E-state index < -0.39 is 0 Å². The van der Waals surface area contributed by atoms with Gasteiger partial charge in [-0.15, -0.1) is 0 Å². The Balaban J connectivity index is 1.68. The molecule has 2 saturated carbocycles. The molecule has 0 aromatic carbocycles. The van der Waals surface area contributed by atoms with Crippen LogP contribution in [0.2, 0.25) is 0 Å². The van der Waals surface area contributed by atoms with Gasteiger partial charge in [0, 0.05) is 0 Å². The van der Waals surface area contributed by atoms with Gasteiger partial charge in [-0.2, -0.15) is 0 Å². The summed E-state index contributed by atoms with van der Waals surface area (Å²) in [5, 5.41) is 0. The highest BCUT2D eigenvalue weighted by Gasteiger charge is 2.60. The standard InChI is InChI=1S/C21H40/c1-7-8-9-10-11-12-20(5)16-21(20,6)14-17(2)13-19(4)15-18(19)3/h17-18H,7-16H2,1-6H3. The maximum Gasteiger partial charge on any atom is -0.0264 e. The number of hydrogen-bond donors (Lipinski definition) is 0. The molecule has 0 aliphatic heterocycles. The van der Waals surface area contributed by atoms with Gasteiger partial charge in [0.1, 0.15) is 0 Å². The average molecular weight is 293 g/mol. The summed E-state index contributed by atoms with van der Waals surface area (Å²) in [6.45, 7) is 14.9. The van der Waals surface area contributed by atoms with E-state index >= 15 is 0 Å². The third-order valence-corrected chi connectivity index (χ3v) is 7.36. The summed E-state index contributed by atoms with van der Waals surface area (Å²) in [6.07, 6.45) is 14.6. The topological polar surface area (TPSA) is 0 Å². The normalized spacial score (nSPS) is 42.9. The summed E-state index contributed by atoms with van der Waals surface area (Å²) in [4.78, 5) is 0. The van der Waals surface area contributed by atoms with E-state index in [1.807, 2.05) is 0 Å². The Morgan fingerprint density at radius 3 is 2.14 bits per heavy atom. The van der Waals surface area contributed by atoms with Crippen LogP contribution in [0, 0.1) is 28.1 Å². The van der Waals surface area contributed by atoms with E-state index in [0.29, 0.717) is 16.2 Å². The van der Waals surface area contributed by atoms with Gasteiger partial charge in [-0.25, -0.2) is 0 Å².